The largest absolute Gasteiger partial charge is 0.493 e. The molecule has 0 unspecified atom stereocenters. The molecule has 0 saturated heterocycles. The van der Waals surface area contributed by atoms with Gasteiger partial charge in [0, 0.05) is 13.1 Å². The van der Waals surface area contributed by atoms with Gasteiger partial charge in [0.25, 0.3) is 5.91 Å². The van der Waals surface area contributed by atoms with Gasteiger partial charge in [0.05, 0.1) is 25.5 Å². The molecule has 0 spiro atoms. The van der Waals surface area contributed by atoms with Crippen molar-refractivity contribution in [3.05, 3.63) is 53.6 Å². The van der Waals surface area contributed by atoms with Gasteiger partial charge in [-0.3, -0.25) is 4.79 Å². The topological polar surface area (TPSA) is 50.8 Å². The minimum atomic E-state index is -0.209. The van der Waals surface area contributed by atoms with Gasteiger partial charge in [-0.15, -0.1) is 0 Å². The van der Waals surface area contributed by atoms with E-state index < -0.39 is 0 Å². The third kappa shape index (κ3) is 2.24. The van der Waals surface area contributed by atoms with Crippen LogP contribution < -0.4 is 14.8 Å². The maximum Gasteiger partial charge on any atom is 0.257 e. The van der Waals surface area contributed by atoms with E-state index in [1.54, 1.807) is 38.3 Å². The highest BCUT2D eigenvalue weighted by atomic mass is 16.5. The molecule has 1 heterocycles. The van der Waals surface area contributed by atoms with Gasteiger partial charge < -0.3 is 19.7 Å². The molecule has 1 amide bonds. The van der Waals surface area contributed by atoms with Gasteiger partial charge in [0.2, 0.25) is 0 Å². The van der Waals surface area contributed by atoms with Gasteiger partial charge in [-0.25, -0.2) is 0 Å². The molecule has 0 aromatic heterocycles. The Morgan fingerprint density at radius 2 is 1.68 bits per heavy atom. The number of carbonyl (C=O) groups is 1. The summed E-state index contributed by atoms with van der Waals surface area (Å²) in [5, 5.41) is 3.39. The van der Waals surface area contributed by atoms with E-state index in [1.807, 2.05) is 30.3 Å². The monoisotopic (exact) mass is 298 g/mol. The molecule has 2 aromatic rings. The van der Waals surface area contributed by atoms with Crippen LogP contribution in [0.25, 0.3) is 0 Å². The SMILES string of the molecule is COc1cc2c(cc1OC)C(=O)N(C)[C@@H](c1ccccc1)N2. The van der Waals surface area contributed by atoms with E-state index in [4.69, 9.17) is 9.47 Å². The van der Waals surface area contributed by atoms with Gasteiger partial charge in [-0.2, -0.15) is 0 Å². The number of anilines is 1. The number of methoxy groups -OCH3 is 2. The van der Waals surface area contributed by atoms with Crippen LogP contribution in [0.4, 0.5) is 5.69 Å². The second-order valence-electron chi connectivity index (χ2n) is 5.13. The fraction of sp³-hybridized carbons (Fsp3) is 0.235. The molecule has 1 atom stereocenters. The highest BCUT2D eigenvalue weighted by Gasteiger charge is 2.31. The molecule has 5 nitrogen and oxygen atoms in total. The Morgan fingerprint density at radius 1 is 1.05 bits per heavy atom. The lowest BCUT2D eigenvalue weighted by Crippen LogP contribution is -2.40. The number of ether oxygens (including phenoxy) is 2. The third-order valence-corrected chi connectivity index (χ3v) is 3.87. The van der Waals surface area contributed by atoms with Crippen LogP contribution in [-0.2, 0) is 0 Å². The minimum Gasteiger partial charge on any atom is -0.493 e. The van der Waals surface area contributed by atoms with Gasteiger partial charge in [-0.05, 0) is 11.6 Å². The van der Waals surface area contributed by atoms with Crippen LogP contribution in [0.2, 0.25) is 0 Å². The molecule has 114 valence electrons. The van der Waals surface area contributed by atoms with Gasteiger partial charge in [-0.1, -0.05) is 30.3 Å². The first kappa shape index (κ1) is 14.3. The van der Waals surface area contributed by atoms with Crippen LogP contribution in [0, 0.1) is 0 Å². The molecule has 1 aliphatic rings. The average Bonchev–Trinajstić information content (AvgIpc) is 2.57. The van der Waals surface area contributed by atoms with Crippen molar-refractivity contribution >= 4 is 11.6 Å². The molecule has 5 heteroatoms. The van der Waals surface area contributed by atoms with Crippen molar-refractivity contribution < 1.29 is 14.3 Å². The second-order valence-corrected chi connectivity index (χ2v) is 5.13. The molecule has 22 heavy (non-hydrogen) atoms. The highest BCUT2D eigenvalue weighted by molar-refractivity contribution is 6.02. The summed E-state index contributed by atoms with van der Waals surface area (Å²) in [5.41, 5.74) is 2.35. The van der Waals surface area contributed by atoms with Crippen molar-refractivity contribution in [1.29, 1.82) is 0 Å². The fourth-order valence-corrected chi connectivity index (χ4v) is 2.67. The first-order chi connectivity index (χ1) is 10.7. The normalized spacial score (nSPS) is 16.8. The smallest absolute Gasteiger partial charge is 0.257 e. The average molecular weight is 298 g/mol. The summed E-state index contributed by atoms with van der Waals surface area (Å²) in [6.07, 6.45) is -0.209. The van der Waals surface area contributed by atoms with Crippen LogP contribution in [0.1, 0.15) is 22.1 Å². The van der Waals surface area contributed by atoms with Gasteiger partial charge >= 0.3 is 0 Å². The second kappa shape index (κ2) is 5.60. The fourth-order valence-electron chi connectivity index (χ4n) is 2.67. The lowest BCUT2D eigenvalue weighted by atomic mass is 10.0. The summed E-state index contributed by atoms with van der Waals surface area (Å²) in [7, 11) is 4.92. The van der Waals surface area contributed by atoms with Gasteiger partial charge in [0.15, 0.2) is 11.5 Å². The maximum absolute atomic E-state index is 12.7. The number of rotatable bonds is 3. The Hall–Kier alpha value is -2.69. The number of fused-ring (bicyclic) bond motifs is 1. The summed E-state index contributed by atoms with van der Waals surface area (Å²) < 4.78 is 10.6. The van der Waals surface area contributed by atoms with Gasteiger partial charge in [0.1, 0.15) is 6.17 Å². The summed E-state index contributed by atoms with van der Waals surface area (Å²) in [6.45, 7) is 0. The molecule has 0 bridgehead atoms. The van der Waals surface area contributed by atoms with E-state index in [2.05, 4.69) is 5.32 Å². The number of hydrogen-bond donors (Lipinski definition) is 1. The maximum atomic E-state index is 12.7. The summed E-state index contributed by atoms with van der Waals surface area (Å²) in [6, 6.07) is 13.4. The summed E-state index contributed by atoms with van der Waals surface area (Å²) >= 11 is 0. The molecule has 3 rings (SSSR count). The zero-order chi connectivity index (χ0) is 15.7. The van der Waals surface area contributed by atoms with E-state index in [9.17, 15) is 4.79 Å². The summed E-state index contributed by atoms with van der Waals surface area (Å²) in [4.78, 5) is 14.3. The lowest BCUT2D eigenvalue weighted by molar-refractivity contribution is 0.0735. The lowest BCUT2D eigenvalue weighted by Gasteiger charge is -2.36. The van der Waals surface area contributed by atoms with E-state index in [1.165, 1.54) is 0 Å². The quantitative estimate of drug-likeness (QED) is 0.946. The zero-order valence-corrected chi connectivity index (χ0v) is 12.8. The zero-order valence-electron chi connectivity index (χ0n) is 12.8. The Labute approximate surface area is 129 Å². The first-order valence-corrected chi connectivity index (χ1v) is 7.00. The third-order valence-electron chi connectivity index (χ3n) is 3.87. The van der Waals surface area contributed by atoms with Crippen LogP contribution in [0.3, 0.4) is 0 Å². The molecular formula is C17H18N2O3. The van der Waals surface area contributed by atoms with Crippen LogP contribution in [-0.4, -0.2) is 32.1 Å². The number of nitrogens with one attached hydrogen (secondary N) is 1. The molecule has 0 saturated carbocycles. The Kier molecular flexibility index (Phi) is 3.63. The Balaban J connectivity index is 2.06. The molecular weight excluding hydrogens is 280 g/mol. The van der Waals surface area contributed by atoms with E-state index in [-0.39, 0.29) is 12.1 Å². The number of amides is 1. The van der Waals surface area contributed by atoms with E-state index in [0.717, 1.165) is 11.3 Å². The number of nitrogens with zero attached hydrogens (tertiary/aromatic N) is 1. The molecule has 0 aliphatic carbocycles. The van der Waals surface area contributed by atoms with Crippen molar-refractivity contribution in [3.63, 3.8) is 0 Å². The first-order valence-electron chi connectivity index (χ1n) is 7.00. The van der Waals surface area contributed by atoms with Crippen molar-refractivity contribution in [2.45, 2.75) is 6.17 Å². The van der Waals surface area contributed by atoms with Crippen molar-refractivity contribution in [2.24, 2.45) is 0 Å². The predicted molar refractivity (Wildman–Crippen MR) is 84.4 cm³/mol. The molecule has 1 aliphatic heterocycles. The van der Waals surface area contributed by atoms with Crippen molar-refractivity contribution in [3.8, 4) is 11.5 Å². The van der Waals surface area contributed by atoms with Crippen LogP contribution in [0.5, 0.6) is 11.5 Å². The van der Waals surface area contributed by atoms with Crippen molar-refractivity contribution in [2.75, 3.05) is 26.6 Å². The number of hydrogen-bond acceptors (Lipinski definition) is 4. The standard InChI is InChI=1S/C17H18N2O3/c1-19-16(11-7-5-4-6-8-11)18-13-10-15(22-3)14(21-2)9-12(13)17(19)20/h4-10,16,18H,1-3H3/t16-/m0/s1. The molecule has 1 N–H and O–H groups in total. The summed E-state index contributed by atoms with van der Waals surface area (Å²) in [5.74, 6) is 1.09. The highest BCUT2D eigenvalue weighted by Crippen LogP contribution is 2.39. The van der Waals surface area contributed by atoms with Crippen LogP contribution >= 0.6 is 0 Å². The van der Waals surface area contributed by atoms with E-state index in [0.29, 0.717) is 17.1 Å². The Morgan fingerprint density at radius 3 is 2.32 bits per heavy atom. The van der Waals surface area contributed by atoms with Crippen molar-refractivity contribution in [1.82, 2.24) is 4.90 Å². The van der Waals surface area contributed by atoms with E-state index >= 15 is 0 Å². The predicted octanol–water partition coefficient (Wildman–Crippen LogP) is 2.90. The number of carbonyl (C=O) groups excluding carboxylic acids is 1. The minimum absolute atomic E-state index is 0.0523. The molecule has 0 fully saturated rings. The van der Waals surface area contributed by atoms with Crippen LogP contribution in [0.15, 0.2) is 42.5 Å². The number of benzene rings is 2. The molecule has 2 aromatic carbocycles. The Bertz CT molecular complexity index is 701. The molecule has 0 radical (unpaired) electrons.